The van der Waals surface area contributed by atoms with Gasteiger partial charge in [0.1, 0.15) is 16.8 Å². The molecule has 22 heavy (non-hydrogen) atoms. The maximum Gasteiger partial charge on any atom is 0.319 e. The molecule has 0 amide bonds. The van der Waals surface area contributed by atoms with Crippen LogP contribution in [-0.4, -0.2) is 17.4 Å². The zero-order valence-electron chi connectivity index (χ0n) is 14.0. The molecule has 3 heteroatoms. The van der Waals surface area contributed by atoms with Crippen LogP contribution >= 0.6 is 0 Å². The average Bonchev–Trinajstić information content (AvgIpc) is 2.60. The molecule has 1 fully saturated rings. The maximum atomic E-state index is 12.5. The van der Waals surface area contributed by atoms with E-state index in [1.807, 2.05) is 39.0 Å². The van der Waals surface area contributed by atoms with Gasteiger partial charge in [-0.1, -0.05) is 30.3 Å². The molecular weight excluding hydrogens is 276 g/mol. The summed E-state index contributed by atoms with van der Waals surface area (Å²) in [5, 5.41) is 0. The van der Waals surface area contributed by atoms with E-state index in [2.05, 4.69) is 12.1 Å². The van der Waals surface area contributed by atoms with Crippen molar-refractivity contribution >= 4 is 11.8 Å². The third kappa shape index (κ3) is 3.76. The number of hydrogen-bond acceptors (Lipinski definition) is 3. The first-order valence-electron chi connectivity index (χ1n) is 8.04. The van der Waals surface area contributed by atoms with Gasteiger partial charge in [0, 0.05) is 6.42 Å². The molecule has 0 aromatic heterocycles. The van der Waals surface area contributed by atoms with Gasteiger partial charge in [-0.05, 0) is 58.4 Å². The van der Waals surface area contributed by atoms with Gasteiger partial charge in [0.2, 0.25) is 0 Å². The largest absolute Gasteiger partial charge is 0.459 e. The molecule has 1 aliphatic rings. The molecular formula is C19H26O3. The van der Waals surface area contributed by atoms with Crippen molar-refractivity contribution in [2.75, 3.05) is 0 Å². The summed E-state index contributed by atoms with van der Waals surface area (Å²) >= 11 is 0. The number of hydrogen-bond donors (Lipinski definition) is 0. The van der Waals surface area contributed by atoms with Crippen LogP contribution in [0.15, 0.2) is 30.3 Å². The van der Waals surface area contributed by atoms with Crippen molar-refractivity contribution in [2.24, 2.45) is 5.41 Å². The van der Waals surface area contributed by atoms with Crippen molar-refractivity contribution in [3.8, 4) is 0 Å². The maximum absolute atomic E-state index is 12.5. The number of benzene rings is 1. The van der Waals surface area contributed by atoms with E-state index in [-0.39, 0.29) is 11.8 Å². The minimum Gasteiger partial charge on any atom is -0.459 e. The minimum absolute atomic E-state index is 0.0141. The van der Waals surface area contributed by atoms with Crippen LogP contribution in [0.1, 0.15) is 64.9 Å². The lowest BCUT2D eigenvalue weighted by Gasteiger charge is -2.29. The smallest absolute Gasteiger partial charge is 0.319 e. The minimum atomic E-state index is -1.00. The highest BCUT2D eigenvalue weighted by molar-refractivity contribution is 6.03. The van der Waals surface area contributed by atoms with Crippen LogP contribution in [0, 0.1) is 5.41 Å². The molecule has 0 unspecified atom stereocenters. The topological polar surface area (TPSA) is 43.4 Å². The highest BCUT2D eigenvalue weighted by Crippen LogP contribution is 2.40. The van der Waals surface area contributed by atoms with Crippen molar-refractivity contribution in [3.05, 3.63) is 35.9 Å². The predicted octanol–water partition coefficient (Wildman–Crippen LogP) is 4.26. The summed E-state index contributed by atoms with van der Waals surface area (Å²) < 4.78 is 5.49. The Balaban J connectivity index is 2.15. The van der Waals surface area contributed by atoms with E-state index in [4.69, 9.17) is 4.74 Å². The third-order valence-corrected chi connectivity index (χ3v) is 4.45. The summed E-state index contributed by atoms with van der Waals surface area (Å²) in [6, 6.07) is 10.2. The molecule has 0 bridgehead atoms. The van der Waals surface area contributed by atoms with E-state index in [9.17, 15) is 9.59 Å². The summed E-state index contributed by atoms with van der Waals surface area (Å²) in [5.41, 5.74) is -0.314. The van der Waals surface area contributed by atoms with Crippen LogP contribution in [0.4, 0.5) is 0 Å². The van der Waals surface area contributed by atoms with Crippen LogP contribution < -0.4 is 0 Å². The number of carbonyl (C=O) groups excluding carboxylic acids is 2. The Hall–Kier alpha value is -1.64. The van der Waals surface area contributed by atoms with Gasteiger partial charge in [-0.15, -0.1) is 0 Å². The number of carbonyl (C=O) groups is 2. The van der Waals surface area contributed by atoms with E-state index in [0.717, 1.165) is 12.8 Å². The zero-order chi connectivity index (χ0) is 16.4. The zero-order valence-corrected chi connectivity index (χ0v) is 14.0. The summed E-state index contributed by atoms with van der Waals surface area (Å²) in [6.07, 6.45) is 2.64. The van der Waals surface area contributed by atoms with Gasteiger partial charge < -0.3 is 4.74 Å². The predicted molar refractivity (Wildman–Crippen MR) is 86.6 cm³/mol. The molecule has 0 N–H and O–H groups in total. The van der Waals surface area contributed by atoms with Gasteiger partial charge in [-0.2, -0.15) is 0 Å². The van der Waals surface area contributed by atoms with E-state index >= 15 is 0 Å². The Morgan fingerprint density at radius 3 is 2.41 bits per heavy atom. The standard InChI is InChI=1S/C19H26O3/c1-18(2,3)22-17(21)19(4)13-12-15(10-11-16(19)20)14-8-6-5-7-9-14/h5-9,15H,10-13H2,1-4H3/t15-,19+/m0/s1. The van der Waals surface area contributed by atoms with Crippen molar-refractivity contribution in [1.82, 2.24) is 0 Å². The first-order chi connectivity index (χ1) is 10.2. The molecule has 0 spiro atoms. The fourth-order valence-electron chi connectivity index (χ4n) is 2.99. The van der Waals surface area contributed by atoms with Crippen LogP contribution in [0.2, 0.25) is 0 Å². The van der Waals surface area contributed by atoms with E-state index < -0.39 is 11.0 Å². The van der Waals surface area contributed by atoms with Gasteiger partial charge in [0.25, 0.3) is 0 Å². The second-order valence-electron chi connectivity index (χ2n) is 7.44. The van der Waals surface area contributed by atoms with Crippen molar-refractivity contribution in [1.29, 1.82) is 0 Å². The molecule has 1 aliphatic carbocycles. The first-order valence-corrected chi connectivity index (χ1v) is 8.04. The molecule has 1 aromatic rings. The molecule has 0 saturated heterocycles. The number of esters is 1. The fourth-order valence-corrected chi connectivity index (χ4v) is 2.99. The molecule has 120 valence electrons. The lowest BCUT2D eigenvalue weighted by Crippen LogP contribution is -2.40. The number of ether oxygens (including phenoxy) is 1. The molecule has 3 nitrogen and oxygen atoms in total. The van der Waals surface area contributed by atoms with Crippen molar-refractivity contribution in [3.63, 3.8) is 0 Å². The first kappa shape index (κ1) is 16.7. The summed E-state index contributed by atoms with van der Waals surface area (Å²) in [7, 11) is 0. The lowest BCUT2D eigenvalue weighted by molar-refractivity contribution is -0.169. The summed E-state index contributed by atoms with van der Waals surface area (Å²) in [4.78, 5) is 25.0. The van der Waals surface area contributed by atoms with E-state index in [0.29, 0.717) is 18.8 Å². The molecule has 1 aromatic carbocycles. The molecule has 2 atom stereocenters. The van der Waals surface area contributed by atoms with Gasteiger partial charge in [0.15, 0.2) is 0 Å². The number of ketones is 1. The molecule has 0 aliphatic heterocycles. The third-order valence-electron chi connectivity index (χ3n) is 4.45. The molecule has 2 rings (SSSR count). The number of Topliss-reactive ketones (excluding diaryl/α,β-unsaturated/α-hetero) is 1. The van der Waals surface area contributed by atoms with Crippen molar-refractivity contribution < 1.29 is 14.3 Å². The SMILES string of the molecule is CC(C)(C)OC(=O)[C@]1(C)CC[C@@H](c2ccccc2)CCC1=O. The Bertz CT molecular complexity index is 542. The van der Waals surface area contributed by atoms with Crippen LogP contribution in [0.5, 0.6) is 0 Å². The lowest BCUT2D eigenvalue weighted by atomic mass is 9.80. The van der Waals surface area contributed by atoms with Crippen LogP contribution in [0.3, 0.4) is 0 Å². The summed E-state index contributed by atoms with van der Waals surface area (Å²) in [5.74, 6) is -0.0201. The van der Waals surface area contributed by atoms with Crippen molar-refractivity contribution in [2.45, 2.75) is 64.9 Å². The molecule has 0 radical (unpaired) electrons. The Morgan fingerprint density at radius 1 is 1.18 bits per heavy atom. The second-order valence-corrected chi connectivity index (χ2v) is 7.44. The van der Waals surface area contributed by atoms with Gasteiger partial charge in [-0.25, -0.2) is 0 Å². The van der Waals surface area contributed by atoms with E-state index in [1.165, 1.54) is 5.56 Å². The Labute approximate surface area is 133 Å². The highest BCUT2D eigenvalue weighted by atomic mass is 16.6. The fraction of sp³-hybridized carbons (Fsp3) is 0.579. The molecule has 0 heterocycles. The van der Waals surface area contributed by atoms with E-state index in [1.54, 1.807) is 6.92 Å². The monoisotopic (exact) mass is 302 g/mol. The number of rotatable bonds is 2. The van der Waals surface area contributed by atoms with Gasteiger partial charge >= 0.3 is 5.97 Å². The quantitative estimate of drug-likeness (QED) is 0.466. The Kier molecular flexibility index (Phi) is 4.74. The van der Waals surface area contributed by atoms with Gasteiger partial charge in [0.05, 0.1) is 0 Å². The summed E-state index contributed by atoms with van der Waals surface area (Å²) in [6.45, 7) is 7.25. The second kappa shape index (κ2) is 6.23. The highest BCUT2D eigenvalue weighted by Gasteiger charge is 2.45. The normalized spacial score (nSPS) is 26.4. The molecule has 1 saturated carbocycles. The van der Waals surface area contributed by atoms with Gasteiger partial charge in [-0.3, -0.25) is 9.59 Å². The van der Waals surface area contributed by atoms with Crippen LogP contribution in [0.25, 0.3) is 0 Å². The van der Waals surface area contributed by atoms with Crippen LogP contribution in [-0.2, 0) is 14.3 Å². The Morgan fingerprint density at radius 2 is 1.82 bits per heavy atom. The average molecular weight is 302 g/mol.